The van der Waals surface area contributed by atoms with Gasteiger partial charge in [-0.25, -0.2) is 9.59 Å². The maximum Gasteiger partial charge on any atom is 0.330 e. The van der Waals surface area contributed by atoms with Gasteiger partial charge in [0.05, 0.1) is 6.54 Å². The Morgan fingerprint density at radius 1 is 1.32 bits per heavy atom. The van der Waals surface area contributed by atoms with Crippen molar-refractivity contribution in [2.75, 3.05) is 6.54 Å². The van der Waals surface area contributed by atoms with E-state index in [1.54, 1.807) is 6.92 Å². The molecule has 1 aliphatic rings. The smallest absolute Gasteiger partial charge is 0.330 e. The minimum absolute atomic E-state index is 0.0863. The lowest BCUT2D eigenvalue weighted by Crippen LogP contribution is -2.65. The number of hydrogen-bond donors (Lipinski definition) is 3. The van der Waals surface area contributed by atoms with Gasteiger partial charge < -0.3 is 15.7 Å². The molecule has 0 aromatic rings. The zero-order chi connectivity index (χ0) is 14.5. The van der Waals surface area contributed by atoms with E-state index < -0.39 is 17.5 Å². The summed E-state index contributed by atoms with van der Waals surface area (Å²) in [6, 6.07) is -0.467. The summed E-state index contributed by atoms with van der Waals surface area (Å²) in [4.78, 5) is 23.5. The van der Waals surface area contributed by atoms with Gasteiger partial charge in [-0.3, -0.25) is 0 Å². The van der Waals surface area contributed by atoms with E-state index in [9.17, 15) is 14.7 Å². The molecule has 5 heteroatoms. The van der Waals surface area contributed by atoms with Crippen LogP contribution in [0.25, 0.3) is 0 Å². The van der Waals surface area contributed by atoms with Crippen LogP contribution in [0.2, 0.25) is 0 Å². The van der Waals surface area contributed by atoms with Crippen LogP contribution in [-0.2, 0) is 4.79 Å². The molecule has 0 aromatic heterocycles. The molecule has 106 valence electrons. The number of carboxylic acids is 1. The topological polar surface area (TPSA) is 78.4 Å². The van der Waals surface area contributed by atoms with Crippen LogP contribution < -0.4 is 10.6 Å². The SMILES string of the molecule is CC#CCNC(=O)NC1(C(=O)O)C(C)CCCC1C. The molecule has 1 aliphatic carbocycles. The molecule has 3 N–H and O–H groups in total. The average molecular weight is 266 g/mol. The summed E-state index contributed by atoms with van der Waals surface area (Å²) in [5.74, 6) is 4.25. The number of carboxylic acid groups (broad SMARTS) is 1. The summed E-state index contributed by atoms with van der Waals surface area (Å²) in [5.41, 5.74) is -1.18. The number of nitrogens with one attached hydrogen (secondary N) is 2. The monoisotopic (exact) mass is 266 g/mol. The Labute approximate surface area is 114 Å². The Kier molecular flexibility index (Phi) is 5.22. The first-order valence-electron chi connectivity index (χ1n) is 6.64. The van der Waals surface area contributed by atoms with E-state index in [0.717, 1.165) is 19.3 Å². The van der Waals surface area contributed by atoms with Crippen LogP contribution in [-0.4, -0.2) is 29.2 Å². The molecule has 2 unspecified atom stereocenters. The van der Waals surface area contributed by atoms with Gasteiger partial charge in [0.25, 0.3) is 0 Å². The van der Waals surface area contributed by atoms with Crippen LogP contribution >= 0.6 is 0 Å². The summed E-state index contributed by atoms with van der Waals surface area (Å²) in [5, 5.41) is 14.8. The molecule has 1 fully saturated rings. The van der Waals surface area contributed by atoms with E-state index in [1.807, 2.05) is 13.8 Å². The molecule has 0 saturated heterocycles. The van der Waals surface area contributed by atoms with Crippen molar-refractivity contribution in [3.05, 3.63) is 0 Å². The van der Waals surface area contributed by atoms with Crippen LogP contribution in [0.5, 0.6) is 0 Å². The van der Waals surface area contributed by atoms with Crippen molar-refractivity contribution < 1.29 is 14.7 Å². The predicted octanol–water partition coefficient (Wildman–Crippen LogP) is 1.59. The summed E-state index contributed by atoms with van der Waals surface area (Å²) >= 11 is 0. The van der Waals surface area contributed by atoms with Crippen molar-refractivity contribution in [1.82, 2.24) is 10.6 Å². The van der Waals surface area contributed by atoms with Gasteiger partial charge in [0.15, 0.2) is 0 Å². The van der Waals surface area contributed by atoms with Gasteiger partial charge in [-0.1, -0.05) is 26.2 Å². The van der Waals surface area contributed by atoms with Gasteiger partial charge in [-0.15, -0.1) is 5.92 Å². The predicted molar refractivity (Wildman–Crippen MR) is 72.5 cm³/mol. The third-order valence-electron chi connectivity index (χ3n) is 4.02. The highest BCUT2D eigenvalue weighted by molar-refractivity contribution is 5.87. The van der Waals surface area contributed by atoms with Crippen molar-refractivity contribution in [3.63, 3.8) is 0 Å². The van der Waals surface area contributed by atoms with Crippen LogP contribution in [0.1, 0.15) is 40.0 Å². The number of aliphatic carboxylic acids is 1. The number of amides is 2. The highest BCUT2D eigenvalue weighted by atomic mass is 16.4. The zero-order valence-electron chi connectivity index (χ0n) is 11.7. The number of carbonyl (C=O) groups is 2. The summed E-state index contributed by atoms with van der Waals surface area (Å²) < 4.78 is 0. The molecule has 5 nitrogen and oxygen atoms in total. The Bertz CT molecular complexity index is 399. The third kappa shape index (κ3) is 3.19. The highest BCUT2D eigenvalue weighted by Crippen LogP contribution is 2.38. The van der Waals surface area contributed by atoms with E-state index in [-0.39, 0.29) is 18.4 Å². The molecular formula is C14H22N2O3. The van der Waals surface area contributed by atoms with Crippen LogP contribution in [0, 0.1) is 23.7 Å². The van der Waals surface area contributed by atoms with Crippen LogP contribution in [0.4, 0.5) is 4.79 Å². The van der Waals surface area contributed by atoms with Gasteiger partial charge in [-0.05, 0) is 31.6 Å². The molecule has 0 spiro atoms. The maximum atomic E-state index is 11.8. The normalized spacial score (nSPS) is 29.8. The first-order valence-corrected chi connectivity index (χ1v) is 6.64. The number of carbonyl (C=O) groups excluding carboxylic acids is 1. The third-order valence-corrected chi connectivity index (χ3v) is 4.02. The molecule has 0 aromatic carbocycles. The van der Waals surface area contributed by atoms with Crippen LogP contribution in [0.15, 0.2) is 0 Å². The van der Waals surface area contributed by atoms with Crippen molar-refractivity contribution in [3.8, 4) is 11.8 Å². The molecule has 0 aliphatic heterocycles. The Hall–Kier alpha value is -1.70. The second kappa shape index (κ2) is 6.46. The summed E-state index contributed by atoms with van der Waals surface area (Å²) in [6.45, 7) is 5.68. The first kappa shape index (κ1) is 15.4. The van der Waals surface area contributed by atoms with Gasteiger partial charge in [0.2, 0.25) is 0 Å². The Morgan fingerprint density at radius 2 is 1.89 bits per heavy atom. The minimum Gasteiger partial charge on any atom is -0.479 e. The van der Waals surface area contributed by atoms with E-state index in [0.29, 0.717) is 0 Å². The van der Waals surface area contributed by atoms with Gasteiger partial charge >= 0.3 is 12.0 Å². The quantitative estimate of drug-likeness (QED) is 0.679. The fraction of sp³-hybridized carbons (Fsp3) is 0.714. The molecule has 19 heavy (non-hydrogen) atoms. The first-order chi connectivity index (χ1) is 8.95. The molecule has 0 bridgehead atoms. The van der Waals surface area contributed by atoms with E-state index in [1.165, 1.54) is 0 Å². The molecule has 0 radical (unpaired) electrons. The number of hydrogen-bond acceptors (Lipinski definition) is 2. The fourth-order valence-corrected chi connectivity index (χ4v) is 2.84. The molecule has 1 saturated carbocycles. The standard InChI is InChI=1S/C14H22N2O3/c1-4-5-9-15-13(19)16-14(12(17)18)10(2)7-6-8-11(14)3/h10-11H,6-9H2,1-3H3,(H,17,18)(H2,15,16,19). The molecular weight excluding hydrogens is 244 g/mol. The van der Waals surface area contributed by atoms with E-state index >= 15 is 0 Å². The lowest BCUT2D eigenvalue weighted by atomic mass is 9.67. The van der Waals surface area contributed by atoms with Gasteiger partial charge in [0.1, 0.15) is 5.54 Å². The molecule has 2 amide bonds. The van der Waals surface area contributed by atoms with Crippen molar-refractivity contribution in [2.24, 2.45) is 11.8 Å². The Balaban J connectivity index is 2.83. The van der Waals surface area contributed by atoms with E-state index in [4.69, 9.17) is 0 Å². The Morgan fingerprint density at radius 3 is 2.37 bits per heavy atom. The van der Waals surface area contributed by atoms with Crippen molar-refractivity contribution in [2.45, 2.75) is 45.6 Å². The number of rotatable bonds is 3. The molecule has 1 rings (SSSR count). The maximum absolute atomic E-state index is 11.8. The largest absolute Gasteiger partial charge is 0.479 e. The lowest BCUT2D eigenvalue weighted by molar-refractivity contribution is -0.151. The number of urea groups is 1. The van der Waals surface area contributed by atoms with Crippen molar-refractivity contribution in [1.29, 1.82) is 0 Å². The fourth-order valence-electron chi connectivity index (χ4n) is 2.84. The molecule has 2 atom stereocenters. The van der Waals surface area contributed by atoms with Gasteiger partial charge in [0, 0.05) is 0 Å². The minimum atomic E-state index is -1.18. The van der Waals surface area contributed by atoms with Crippen molar-refractivity contribution >= 4 is 12.0 Å². The summed E-state index contributed by atoms with van der Waals surface area (Å²) in [7, 11) is 0. The summed E-state index contributed by atoms with van der Waals surface area (Å²) in [6.07, 6.45) is 2.62. The zero-order valence-corrected chi connectivity index (χ0v) is 11.7. The lowest BCUT2D eigenvalue weighted by Gasteiger charge is -2.44. The second-order valence-electron chi connectivity index (χ2n) is 5.14. The van der Waals surface area contributed by atoms with Gasteiger partial charge in [-0.2, -0.15) is 0 Å². The van der Waals surface area contributed by atoms with E-state index in [2.05, 4.69) is 22.5 Å². The van der Waals surface area contributed by atoms with Crippen LogP contribution in [0.3, 0.4) is 0 Å². The second-order valence-corrected chi connectivity index (χ2v) is 5.14. The average Bonchev–Trinajstić information content (AvgIpc) is 2.34. The molecule has 0 heterocycles. The highest BCUT2D eigenvalue weighted by Gasteiger charge is 2.51.